The summed E-state index contributed by atoms with van der Waals surface area (Å²) in [6.07, 6.45) is -0.0196. The number of rotatable bonds is 6. The number of nitrogens with zero attached hydrogens (tertiary/aromatic N) is 3. The van der Waals surface area contributed by atoms with E-state index in [9.17, 15) is 5.11 Å². The Kier molecular flexibility index (Phi) is 4.84. The molecule has 0 aliphatic carbocycles. The highest BCUT2D eigenvalue weighted by atomic mass is 16.3. The van der Waals surface area contributed by atoms with Crippen molar-refractivity contribution in [3.05, 3.63) is 48.5 Å². The minimum atomic E-state index is -0.490. The van der Waals surface area contributed by atoms with E-state index in [1.165, 1.54) is 10.8 Å². The number of nitriles is 1. The molecule has 2 aromatic carbocycles. The van der Waals surface area contributed by atoms with Crippen LogP contribution in [0, 0.1) is 11.3 Å². The fourth-order valence-corrected chi connectivity index (χ4v) is 3.27. The standard InChI is InChI=1S/C20H23N3O/c1-15(11-12-21)22(2)13-16(24)14-23-19-9-5-3-7-17(19)18-8-4-6-10-20(18)23/h3-10,15-16,24H,11,13-14H2,1-2H3. The van der Waals surface area contributed by atoms with Crippen LogP contribution in [0.3, 0.4) is 0 Å². The van der Waals surface area contributed by atoms with E-state index in [-0.39, 0.29) is 6.04 Å². The molecule has 4 nitrogen and oxygen atoms in total. The van der Waals surface area contributed by atoms with Crippen LogP contribution in [0.4, 0.5) is 0 Å². The molecule has 1 heterocycles. The van der Waals surface area contributed by atoms with Gasteiger partial charge in [-0.25, -0.2) is 0 Å². The van der Waals surface area contributed by atoms with E-state index in [0.29, 0.717) is 19.5 Å². The molecule has 0 aliphatic rings. The van der Waals surface area contributed by atoms with Crippen molar-refractivity contribution in [1.82, 2.24) is 9.47 Å². The predicted octanol–water partition coefficient (Wildman–Crippen LogP) is 3.39. The van der Waals surface area contributed by atoms with Gasteiger partial charge in [0.05, 0.1) is 25.1 Å². The molecule has 124 valence electrons. The first-order valence-corrected chi connectivity index (χ1v) is 8.33. The van der Waals surface area contributed by atoms with Crippen molar-refractivity contribution in [3.8, 4) is 6.07 Å². The fourth-order valence-electron chi connectivity index (χ4n) is 3.27. The summed E-state index contributed by atoms with van der Waals surface area (Å²) < 4.78 is 2.19. The van der Waals surface area contributed by atoms with Gasteiger partial charge in [0.2, 0.25) is 0 Å². The zero-order valence-corrected chi connectivity index (χ0v) is 14.2. The van der Waals surface area contributed by atoms with Crippen LogP contribution in [0.15, 0.2) is 48.5 Å². The monoisotopic (exact) mass is 321 g/mol. The van der Waals surface area contributed by atoms with Crippen molar-refractivity contribution in [2.75, 3.05) is 13.6 Å². The Balaban J connectivity index is 1.88. The molecule has 1 aromatic heterocycles. The fraction of sp³-hybridized carbons (Fsp3) is 0.350. The molecular formula is C20H23N3O. The maximum atomic E-state index is 10.6. The Morgan fingerprint density at radius 2 is 1.62 bits per heavy atom. The van der Waals surface area contributed by atoms with E-state index in [0.717, 1.165) is 11.0 Å². The predicted molar refractivity (Wildman–Crippen MR) is 97.8 cm³/mol. The van der Waals surface area contributed by atoms with Crippen LogP contribution in [0.5, 0.6) is 0 Å². The highest BCUT2D eigenvalue weighted by Crippen LogP contribution is 2.28. The molecule has 3 rings (SSSR count). The molecule has 3 aromatic rings. The van der Waals surface area contributed by atoms with Crippen molar-refractivity contribution < 1.29 is 5.11 Å². The summed E-state index contributed by atoms with van der Waals surface area (Å²) in [5, 5.41) is 21.8. The Morgan fingerprint density at radius 1 is 1.08 bits per heavy atom. The lowest BCUT2D eigenvalue weighted by molar-refractivity contribution is 0.0966. The quantitative estimate of drug-likeness (QED) is 0.757. The van der Waals surface area contributed by atoms with Gasteiger partial charge in [-0.1, -0.05) is 36.4 Å². The molecule has 0 aliphatic heterocycles. The Hall–Kier alpha value is -2.35. The molecule has 2 unspecified atom stereocenters. The molecule has 24 heavy (non-hydrogen) atoms. The first-order chi connectivity index (χ1) is 11.6. The summed E-state index contributed by atoms with van der Waals surface area (Å²) in [6, 6.07) is 18.9. The Morgan fingerprint density at radius 3 is 2.17 bits per heavy atom. The largest absolute Gasteiger partial charge is 0.390 e. The van der Waals surface area contributed by atoms with Gasteiger partial charge in [0.1, 0.15) is 0 Å². The lowest BCUT2D eigenvalue weighted by atomic mass is 10.2. The SMILES string of the molecule is CC(CC#N)N(C)CC(O)Cn1c2ccccc2c2ccccc21. The van der Waals surface area contributed by atoms with Crippen LogP contribution in [0.2, 0.25) is 0 Å². The second-order valence-corrected chi connectivity index (χ2v) is 6.45. The average Bonchev–Trinajstić information content (AvgIpc) is 2.90. The van der Waals surface area contributed by atoms with Gasteiger partial charge in [0, 0.05) is 34.4 Å². The van der Waals surface area contributed by atoms with Gasteiger partial charge in [-0.2, -0.15) is 5.26 Å². The summed E-state index contributed by atoms with van der Waals surface area (Å²) in [4.78, 5) is 2.04. The van der Waals surface area contributed by atoms with Crippen molar-refractivity contribution >= 4 is 21.8 Å². The van der Waals surface area contributed by atoms with Gasteiger partial charge >= 0.3 is 0 Å². The van der Waals surface area contributed by atoms with Crippen LogP contribution in [0.25, 0.3) is 21.8 Å². The smallest absolute Gasteiger partial charge is 0.0845 e. The molecule has 2 atom stereocenters. The lowest BCUT2D eigenvalue weighted by Crippen LogP contribution is -2.37. The van der Waals surface area contributed by atoms with E-state index in [2.05, 4.69) is 34.9 Å². The second-order valence-electron chi connectivity index (χ2n) is 6.45. The topological polar surface area (TPSA) is 52.2 Å². The maximum Gasteiger partial charge on any atom is 0.0845 e. The molecule has 0 fully saturated rings. The molecule has 4 heteroatoms. The van der Waals surface area contributed by atoms with Gasteiger partial charge in [0.15, 0.2) is 0 Å². The summed E-state index contributed by atoms with van der Waals surface area (Å²) in [5.74, 6) is 0. The molecule has 1 N–H and O–H groups in total. The van der Waals surface area contributed by atoms with Gasteiger partial charge in [0.25, 0.3) is 0 Å². The van der Waals surface area contributed by atoms with Gasteiger partial charge in [-0.15, -0.1) is 0 Å². The van der Waals surface area contributed by atoms with Crippen LogP contribution in [0.1, 0.15) is 13.3 Å². The third-order valence-electron chi connectivity index (χ3n) is 4.71. The zero-order valence-electron chi connectivity index (χ0n) is 14.2. The number of fused-ring (bicyclic) bond motifs is 3. The van der Waals surface area contributed by atoms with E-state index in [1.807, 2.05) is 43.1 Å². The van der Waals surface area contributed by atoms with Gasteiger partial charge < -0.3 is 14.6 Å². The number of hydrogen-bond donors (Lipinski definition) is 1. The summed E-state index contributed by atoms with van der Waals surface area (Å²) in [7, 11) is 1.96. The maximum absolute atomic E-state index is 10.6. The number of hydrogen-bond acceptors (Lipinski definition) is 3. The molecule has 0 saturated carbocycles. The lowest BCUT2D eigenvalue weighted by Gasteiger charge is -2.25. The minimum Gasteiger partial charge on any atom is -0.390 e. The highest BCUT2D eigenvalue weighted by Gasteiger charge is 2.17. The van der Waals surface area contributed by atoms with Crippen LogP contribution in [-0.2, 0) is 6.54 Å². The van der Waals surface area contributed by atoms with E-state index >= 15 is 0 Å². The van der Waals surface area contributed by atoms with Crippen molar-refractivity contribution in [1.29, 1.82) is 5.26 Å². The number of likely N-dealkylation sites (N-methyl/N-ethyl adjacent to an activating group) is 1. The minimum absolute atomic E-state index is 0.141. The molecule has 0 bridgehead atoms. The van der Waals surface area contributed by atoms with Crippen molar-refractivity contribution in [3.63, 3.8) is 0 Å². The third kappa shape index (κ3) is 3.14. The number of benzene rings is 2. The number of aliphatic hydroxyl groups excluding tert-OH is 1. The molecule has 0 radical (unpaired) electrons. The number of para-hydroxylation sites is 2. The summed E-state index contributed by atoms with van der Waals surface area (Å²) in [6.45, 7) is 3.09. The Bertz CT molecular complexity index is 824. The van der Waals surface area contributed by atoms with E-state index < -0.39 is 6.10 Å². The highest BCUT2D eigenvalue weighted by molar-refractivity contribution is 6.07. The molecule has 0 amide bonds. The first-order valence-electron chi connectivity index (χ1n) is 8.33. The van der Waals surface area contributed by atoms with Gasteiger partial charge in [-0.05, 0) is 26.1 Å². The van der Waals surface area contributed by atoms with Crippen LogP contribution >= 0.6 is 0 Å². The van der Waals surface area contributed by atoms with Crippen molar-refractivity contribution in [2.45, 2.75) is 32.0 Å². The Labute approximate surface area is 142 Å². The van der Waals surface area contributed by atoms with Crippen molar-refractivity contribution in [2.24, 2.45) is 0 Å². The van der Waals surface area contributed by atoms with Crippen LogP contribution in [-0.4, -0.2) is 40.3 Å². The zero-order chi connectivity index (χ0) is 17.1. The third-order valence-corrected chi connectivity index (χ3v) is 4.71. The van der Waals surface area contributed by atoms with Crippen LogP contribution < -0.4 is 0 Å². The van der Waals surface area contributed by atoms with E-state index in [1.54, 1.807) is 0 Å². The second kappa shape index (κ2) is 7.04. The summed E-state index contributed by atoms with van der Waals surface area (Å²) >= 11 is 0. The average molecular weight is 321 g/mol. The summed E-state index contributed by atoms with van der Waals surface area (Å²) in [5.41, 5.74) is 2.29. The molecular weight excluding hydrogens is 298 g/mol. The van der Waals surface area contributed by atoms with Gasteiger partial charge in [-0.3, -0.25) is 0 Å². The van der Waals surface area contributed by atoms with E-state index in [4.69, 9.17) is 5.26 Å². The molecule has 0 spiro atoms. The normalized spacial score (nSPS) is 14.1. The molecule has 0 saturated heterocycles. The number of aromatic nitrogens is 1. The first kappa shape index (κ1) is 16.5. The number of aliphatic hydroxyl groups is 1.